The van der Waals surface area contributed by atoms with Gasteiger partial charge in [0, 0.05) is 36.2 Å². The van der Waals surface area contributed by atoms with Crippen LogP contribution in [0.15, 0.2) is 58.5 Å². The molecule has 1 aliphatic heterocycles. The van der Waals surface area contributed by atoms with Crippen LogP contribution in [-0.4, -0.2) is 32.8 Å². The molecular weight excluding hydrogens is 338 g/mol. The van der Waals surface area contributed by atoms with Crippen molar-refractivity contribution >= 4 is 32.8 Å². The first-order chi connectivity index (χ1) is 11.8. The number of carbonyl (C=O) groups is 1. The van der Waals surface area contributed by atoms with Gasteiger partial charge in [-0.05, 0) is 49.4 Å². The van der Waals surface area contributed by atoms with Gasteiger partial charge in [-0.3, -0.25) is 9.80 Å². The second-order valence-electron chi connectivity index (χ2n) is 6.01. The summed E-state index contributed by atoms with van der Waals surface area (Å²) in [5.74, 6) is -0.293. The summed E-state index contributed by atoms with van der Waals surface area (Å²) in [4.78, 5) is 12.5. The van der Waals surface area contributed by atoms with E-state index in [2.05, 4.69) is 10.4 Å². The van der Waals surface area contributed by atoms with Gasteiger partial charge in [-0.2, -0.15) is 5.10 Å². The molecule has 0 unspecified atom stereocenters. The van der Waals surface area contributed by atoms with Gasteiger partial charge in [0.2, 0.25) is 0 Å². The first-order valence-electron chi connectivity index (χ1n) is 7.86. The van der Waals surface area contributed by atoms with Crippen molar-refractivity contribution < 1.29 is 13.2 Å². The van der Waals surface area contributed by atoms with Crippen LogP contribution in [-0.2, 0) is 9.84 Å². The maximum absolute atomic E-state index is 12.4. The van der Waals surface area contributed by atoms with Gasteiger partial charge >= 0.3 is 0 Å². The minimum Gasteiger partial charge on any atom is -0.322 e. The van der Waals surface area contributed by atoms with Gasteiger partial charge in [0.1, 0.15) is 0 Å². The van der Waals surface area contributed by atoms with Crippen LogP contribution in [0.3, 0.4) is 0 Å². The zero-order chi connectivity index (χ0) is 18.0. The Hall–Kier alpha value is -2.67. The van der Waals surface area contributed by atoms with Crippen LogP contribution >= 0.6 is 0 Å². The smallest absolute Gasteiger partial charge is 0.255 e. The molecule has 1 N–H and O–H groups in total. The highest BCUT2D eigenvalue weighted by atomic mass is 32.2. The maximum Gasteiger partial charge on any atom is 0.255 e. The number of nitrogens with one attached hydrogen (secondary N) is 1. The van der Waals surface area contributed by atoms with Crippen LogP contribution in [0.25, 0.3) is 0 Å². The van der Waals surface area contributed by atoms with E-state index in [0.717, 1.165) is 30.6 Å². The number of amides is 1. The van der Waals surface area contributed by atoms with Gasteiger partial charge in [0.25, 0.3) is 5.91 Å². The topological polar surface area (TPSA) is 78.8 Å². The first-order valence-corrected chi connectivity index (χ1v) is 9.75. The molecule has 3 rings (SSSR count). The third kappa shape index (κ3) is 4.06. The quantitative estimate of drug-likeness (QED) is 0.912. The van der Waals surface area contributed by atoms with E-state index < -0.39 is 9.84 Å². The third-order valence-corrected chi connectivity index (χ3v) is 5.03. The van der Waals surface area contributed by atoms with Crippen LogP contribution in [0.2, 0.25) is 0 Å². The summed E-state index contributed by atoms with van der Waals surface area (Å²) in [6, 6.07) is 13.4. The Bertz CT molecular complexity index is 934. The van der Waals surface area contributed by atoms with Crippen molar-refractivity contribution in [2.24, 2.45) is 5.10 Å². The molecule has 0 aliphatic carbocycles. The summed E-state index contributed by atoms with van der Waals surface area (Å²) in [5, 5.41) is 9.06. The Morgan fingerprint density at radius 3 is 2.48 bits per heavy atom. The van der Waals surface area contributed by atoms with Gasteiger partial charge in [-0.1, -0.05) is 6.07 Å². The average molecular weight is 357 g/mol. The molecule has 2 aromatic carbocycles. The van der Waals surface area contributed by atoms with Crippen molar-refractivity contribution in [1.29, 1.82) is 0 Å². The number of rotatable bonds is 4. The fourth-order valence-electron chi connectivity index (χ4n) is 2.55. The standard InChI is InChI=1S/C18H19N3O3S/c1-13-10-11-21(20-13)16-8-6-14(7-9-16)18(22)19-15-4-3-5-17(12-15)25(2,23)24/h3-9,12H,10-11H2,1-2H3,(H,19,22). The summed E-state index contributed by atoms with van der Waals surface area (Å²) in [5.41, 5.74) is 2.96. The number of sulfone groups is 1. The molecule has 0 spiro atoms. The van der Waals surface area contributed by atoms with E-state index in [1.54, 1.807) is 24.3 Å². The lowest BCUT2D eigenvalue weighted by atomic mass is 10.2. The molecule has 0 radical (unpaired) electrons. The Balaban J connectivity index is 1.74. The van der Waals surface area contributed by atoms with E-state index in [9.17, 15) is 13.2 Å². The monoisotopic (exact) mass is 357 g/mol. The zero-order valence-electron chi connectivity index (χ0n) is 14.1. The summed E-state index contributed by atoms with van der Waals surface area (Å²) in [7, 11) is -3.31. The van der Waals surface area contributed by atoms with Gasteiger partial charge in [0.15, 0.2) is 9.84 Å². The number of nitrogens with zero attached hydrogens (tertiary/aromatic N) is 2. The van der Waals surface area contributed by atoms with Crippen LogP contribution < -0.4 is 10.3 Å². The lowest BCUT2D eigenvalue weighted by Gasteiger charge is -2.14. The summed E-state index contributed by atoms with van der Waals surface area (Å²) >= 11 is 0. The molecule has 1 heterocycles. The Morgan fingerprint density at radius 1 is 1.16 bits per heavy atom. The third-order valence-electron chi connectivity index (χ3n) is 3.92. The first kappa shape index (κ1) is 17.2. The highest BCUT2D eigenvalue weighted by Crippen LogP contribution is 2.21. The van der Waals surface area contributed by atoms with E-state index >= 15 is 0 Å². The second-order valence-corrected chi connectivity index (χ2v) is 8.03. The minimum absolute atomic E-state index is 0.169. The van der Waals surface area contributed by atoms with E-state index in [4.69, 9.17) is 0 Å². The summed E-state index contributed by atoms with van der Waals surface area (Å²) in [6.07, 6.45) is 2.08. The molecule has 130 valence electrons. The molecule has 0 saturated carbocycles. The van der Waals surface area contributed by atoms with E-state index in [1.807, 2.05) is 24.1 Å². The molecular formula is C18H19N3O3S. The number of benzene rings is 2. The lowest BCUT2D eigenvalue weighted by Crippen LogP contribution is -2.14. The van der Waals surface area contributed by atoms with Crippen molar-refractivity contribution in [3.63, 3.8) is 0 Å². The number of carbonyl (C=O) groups excluding carboxylic acids is 1. The number of hydrogen-bond donors (Lipinski definition) is 1. The van der Waals surface area contributed by atoms with E-state index in [1.165, 1.54) is 12.1 Å². The molecule has 2 aromatic rings. The molecule has 7 heteroatoms. The van der Waals surface area contributed by atoms with Gasteiger partial charge < -0.3 is 5.32 Å². The minimum atomic E-state index is -3.31. The largest absolute Gasteiger partial charge is 0.322 e. The molecule has 0 fully saturated rings. The van der Waals surface area contributed by atoms with E-state index in [-0.39, 0.29) is 10.8 Å². The summed E-state index contributed by atoms with van der Waals surface area (Å²) in [6.45, 7) is 2.84. The number of hydrazone groups is 1. The number of hydrogen-bond acceptors (Lipinski definition) is 5. The Morgan fingerprint density at radius 2 is 1.88 bits per heavy atom. The SMILES string of the molecule is CC1=NN(c2ccc(C(=O)Nc3cccc(S(C)(=O)=O)c3)cc2)CC1. The molecule has 1 aliphatic rings. The Labute approximate surface area is 147 Å². The van der Waals surface area contributed by atoms with Crippen molar-refractivity contribution in [2.45, 2.75) is 18.2 Å². The molecule has 6 nitrogen and oxygen atoms in total. The fraction of sp³-hybridized carbons (Fsp3) is 0.222. The van der Waals surface area contributed by atoms with Crippen molar-refractivity contribution in [2.75, 3.05) is 23.1 Å². The predicted octanol–water partition coefficient (Wildman–Crippen LogP) is 2.93. The molecule has 0 bridgehead atoms. The lowest BCUT2D eigenvalue weighted by molar-refractivity contribution is 0.102. The van der Waals surface area contributed by atoms with Crippen LogP contribution in [0.4, 0.5) is 11.4 Å². The zero-order valence-corrected chi connectivity index (χ0v) is 14.9. The summed E-state index contributed by atoms with van der Waals surface area (Å²) < 4.78 is 23.2. The van der Waals surface area contributed by atoms with Crippen molar-refractivity contribution in [3.05, 3.63) is 54.1 Å². The molecule has 0 saturated heterocycles. The van der Waals surface area contributed by atoms with Gasteiger partial charge in [0.05, 0.1) is 10.6 Å². The second kappa shape index (κ2) is 6.68. The van der Waals surface area contributed by atoms with Crippen LogP contribution in [0, 0.1) is 0 Å². The van der Waals surface area contributed by atoms with Gasteiger partial charge in [-0.15, -0.1) is 0 Å². The normalized spacial score (nSPS) is 14.3. The van der Waals surface area contributed by atoms with Crippen LogP contribution in [0.1, 0.15) is 23.7 Å². The van der Waals surface area contributed by atoms with Crippen molar-refractivity contribution in [3.8, 4) is 0 Å². The molecule has 0 atom stereocenters. The average Bonchev–Trinajstić information content (AvgIpc) is 3.01. The maximum atomic E-state index is 12.4. The van der Waals surface area contributed by atoms with Gasteiger partial charge in [-0.25, -0.2) is 8.42 Å². The van der Waals surface area contributed by atoms with Crippen molar-refractivity contribution in [1.82, 2.24) is 0 Å². The molecule has 25 heavy (non-hydrogen) atoms. The number of anilines is 2. The Kier molecular flexibility index (Phi) is 4.59. The highest BCUT2D eigenvalue weighted by Gasteiger charge is 2.14. The predicted molar refractivity (Wildman–Crippen MR) is 99.0 cm³/mol. The fourth-order valence-corrected chi connectivity index (χ4v) is 3.22. The van der Waals surface area contributed by atoms with E-state index in [0.29, 0.717) is 11.3 Å². The van der Waals surface area contributed by atoms with Crippen LogP contribution in [0.5, 0.6) is 0 Å². The highest BCUT2D eigenvalue weighted by molar-refractivity contribution is 7.90. The molecule has 0 aromatic heterocycles. The molecule has 1 amide bonds.